The minimum atomic E-state index is -3.78. The lowest BCUT2D eigenvalue weighted by molar-refractivity contribution is 0.591. The number of unbranched alkanes of at least 4 members (excludes halogenated alkanes) is 1. The number of hydrogen-bond acceptors (Lipinski definition) is 3. The number of sulfone groups is 1. The van der Waals surface area contributed by atoms with E-state index in [0.717, 1.165) is 29.3 Å². The minimum absolute atomic E-state index is 0.137. The van der Waals surface area contributed by atoms with Crippen LogP contribution in [0.15, 0.2) is 63.2 Å². The van der Waals surface area contributed by atoms with Crippen LogP contribution < -0.4 is 5.56 Å². The molecule has 6 heteroatoms. The first kappa shape index (κ1) is 19.5. The van der Waals surface area contributed by atoms with Crippen molar-refractivity contribution in [1.82, 2.24) is 9.55 Å². The van der Waals surface area contributed by atoms with E-state index in [-0.39, 0.29) is 15.5 Å². The highest BCUT2D eigenvalue weighted by Crippen LogP contribution is 2.33. The summed E-state index contributed by atoms with van der Waals surface area (Å²) in [5.41, 5.74) is 2.78. The van der Waals surface area contributed by atoms with Crippen LogP contribution in [0.4, 0.5) is 0 Å². The van der Waals surface area contributed by atoms with Crippen molar-refractivity contribution in [1.29, 1.82) is 0 Å². The molecule has 0 atom stereocenters. The second-order valence-electron chi connectivity index (χ2n) is 7.48. The third-order valence-corrected chi connectivity index (χ3v) is 7.28. The molecule has 29 heavy (non-hydrogen) atoms. The monoisotopic (exact) mass is 408 g/mol. The number of para-hydroxylation sites is 1. The molecule has 0 unspecified atom stereocenters. The Morgan fingerprint density at radius 1 is 1.03 bits per heavy atom. The Hall–Kier alpha value is -2.86. The topological polar surface area (TPSA) is 71.9 Å². The highest BCUT2D eigenvalue weighted by Gasteiger charge is 2.27. The average Bonchev–Trinajstić information content (AvgIpc) is 3.11. The molecule has 5 nitrogen and oxygen atoms in total. The Morgan fingerprint density at radius 3 is 2.41 bits per heavy atom. The summed E-state index contributed by atoms with van der Waals surface area (Å²) in [6, 6.07) is 14.4. The molecule has 0 fully saturated rings. The number of hydrogen-bond donors (Lipinski definition) is 1. The van der Waals surface area contributed by atoms with Crippen LogP contribution in [-0.2, 0) is 23.3 Å². The predicted molar refractivity (Wildman–Crippen MR) is 116 cm³/mol. The summed E-state index contributed by atoms with van der Waals surface area (Å²) >= 11 is 0. The fraction of sp³-hybridized carbons (Fsp3) is 0.261. The number of aromatic amines is 1. The van der Waals surface area contributed by atoms with Gasteiger partial charge in [0.15, 0.2) is 0 Å². The van der Waals surface area contributed by atoms with Crippen molar-refractivity contribution in [2.24, 2.45) is 7.05 Å². The van der Waals surface area contributed by atoms with Crippen LogP contribution >= 0.6 is 0 Å². The van der Waals surface area contributed by atoms with Gasteiger partial charge in [0.05, 0.1) is 21.3 Å². The molecule has 0 aliphatic rings. The molecule has 2 aromatic heterocycles. The Morgan fingerprint density at radius 2 is 1.72 bits per heavy atom. The van der Waals surface area contributed by atoms with Gasteiger partial charge < -0.3 is 9.55 Å². The second kappa shape index (κ2) is 7.19. The highest BCUT2D eigenvalue weighted by atomic mass is 32.2. The molecule has 4 aromatic rings. The first-order valence-electron chi connectivity index (χ1n) is 9.80. The maximum atomic E-state index is 13.5. The molecule has 0 aliphatic heterocycles. The van der Waals surface area contributed by atoms with Gasteiger partial charge in [-0.15, -0.1) is 0 Å². The van der Waals surface area contributed by atoms with Gasteiger partial charge in [0.2, 0.25) is 9.84 Å². The van der Waals surface area contributed by atoms with Crippen molar-refractivity contribution in [2.75, 3.05) is 0 Å². The summed E-state index contributed by atoms with van der Waals surface area (Å²) < 4.78 is 28.6. The fourth-order valence-electron chi connectivity index (χ4n) is 3.87. The number of rotatable bonds is 5. The fourth-order valence-corrected chi connectivity index (χ4v) is 5.36. The van der Waals surface area contributed by atoms with Crippen molar-refractivity contribution >= 4 is 31.6 Å². The molecule has 150 valence electrons. The van der Waals surface area contributed by atoms with Gasteiger partial charge in [0.1, 0.15) is 5.03 Å². The lowest BCUT2D eigenvalue weighted by Gasteiger charge is -2.08. The van der Waals surface area contributed by atoms with Crippen molar-refractivity contribution in [3.05, 3.63) is 70.0 Å². The van der Waals surface area contributed by atoms with Crippen LogP contribution in [0.25, 0.3) is 21.8 Å². The number of aromatic nitrogens is 2. The molecule has 2 heterocycles. The number of nitrogens with zero attached hydrogens (tertiary/aromatic N) is 1. The summed E-state index contributed by atoms with van der Waals surface area (Å²) in [6.45, 7) is 3.97. The van der Waals surface area contributed by atoms with Crippen molar-refractivity contribution in [3.63, 3.8) is 0 Å². The van der Waals surface area contributed by atoms with E-state index in [0.29, 0.717) is 22.9 Å². The molecule has 2 aromatic carbocycles. The Kier molecular flexibility index (Phi) is 4.82. The quantitative estimate of drug-likeness (QED) is 0.528. The van der Waals surface area contributed by atoms with Crippen LogP contribution in [0.1, 0.15) is 30.9 Å². The van der Waals surface area contributed by atoms with E-state index in [9.17, 15) is 13.2 Å². The zero-order chi connectivity index (χ0) is 20.8. The summed E-state index contributed by atoms with van der Waals surface area (Å²) in [5.74, 6) is 0. The van der Waals surface area contributed by atoms with Crippen LogP contribution in [-0.4, -0.2) is 18.0 Å². The third kappa shape index (κ3) is 3.08. The van der Waals surface area contributed by atoms with Crippen LogP contribution in [0, 0.1) is 6.92 Å². The summed E-state index contributed by atoms with van der Waals surface area (Å²) in [7, 11) is -2.05. The summed E-state index contributed by atoms with van der Waals surface area (Å²) in [5, 5.41) is 1.45. The van der Waals surface area contributed by atoms with Crippen LogP contribution in [0.5, 0.6) is 0 Å². The zero-order valence-corrected chi connectivity index (χ0v) is 17.6. The number of fused-ring (bicyclic) bond motifs is 3. The van der Waals surface area contributed by atoms with Crippen LogP contribution in [0.3, 0.4) is 0 Å². The van der Waals surface area contributed by atoms with E-state index in [1.165, 1.54) is 0 Å². The molecule has 0 saturated carbocycles. The van der Waals surface area contributed by atoms with Gasteiger partial charge in [-0.05, 0) is 38.0 Å². The van der Waals surface area contributed by atoms with Gasteiger partial charge in [0.25, 0.3) is 5.56 Å². The highest BCUT2D eigenvalue weighted by molar-refractivity contribution is 7.91. The van der Waals surface area contributed by atoms with E-state index in [1.54, 1.807) is 35.9 Å². The average molecular weight is 409 g/mol. The molecule has 0 radical (unpaired) electrons. The number of pyridine rings is 1. The van der Waals surface area contributed by atoms with E-state index >= 15 is 0 Å². The largest absolute Gasteiger partial charge is 0.344 e. The molecule has 1 N–H and O–H groups in total. The predicted octanol–water partition coefficient (Wildman–Crippen LogP) is 4.50. The first-order chi connectivity index (χ1) is 13.9. The van der Waals surface area contributed by atoms with Crippen LogP contribution in [0.2, 0.25) is 0 Å². The Balaban J connectivity index is 2.11. The van der Waals surface area contributed by atoms with Crippen molar-refractivity contribution in [2.45, 2.75) is 43.0 Å². The standard InChI is InChI=1S/C23H24N2O3S/c1-4-5-8-18-20-21(17-9-6-7-10-19(17)25(3)23(20)26)24-22(18)29(27,28)16-13-11-15(2)12-14-16/h6-7,9-14,24H,4-5,8H2,1-3H3. The van der Waals surface area contributed by atoms with Gasteiger partial charge in [-0.2, -0.15) is 0 Å². The molecular formula is C23H24N2O3S. The molecule has 0 aliphatic carbocycles. The molecule has 0 amide bonds. The number of H-pyrrole nitrogens is 1. The van der Waals surface area contributed by atoms with E-state index < -0.39 is 9.84 Å². The Labute approximate surface area is 169 Å². The maximum Gasteiger partial charge on any atom is 0.260 e. The normalized spacial score (nSPS) is 12.1. The van der Waals surface area contributed by atoms with Gasteiger partial charge in [-0.1, -0.05) is 49.2 Å². The third-order valence-electron chi connectivity index (χ3n) is 5.50. The number of nitrogens with one attached hydrogen (secondary N) is 1. The van der Waals surface area contributed by atoms with Gasteiger partial charge in [-0.25, -0.2) is 8.42 Å². The molecule has 4 rings (SSSR count). The zero-order valence-electron chi connectivity index (χ0n) is 16.8. The minimum Gasteiger partial charge on any atom is -0.344 e. The molecule has 0 spiro atoms. The molecular weight excluding hydrogens is 384 g/mol. The van der Waals surface area contributed by atoms with E-state index in [2.05, 4.69) is 11.9 Å². The van der Waals surface area contributed by atoms with Gasteiger partial charge >= 0.3 is 0 Å². The van der Waals surface area contributed by atoms with Gasteiger partial charge in [-0.3, -0.25) is 4.79 Å². The van der Waals surface area contributed by atoms with Crippen molar-refractivity contribution < 1.29 is 8.42 Å². The Bertz CT molecular complexity index is 1380. The van der Waals surface area contributed by atoms with E-state index in [1.807, 2.05) is 31.2 Å². The summed E-state index contributed by atoms with van der Waals surface area (Å²) in [6.07, 6.45) is 2.24. The number of benzene rings is 2. The lowest BCUT2D eigenvalue weighted by Crippen LogP contribution is -2.18. The molecule has 0 saturated heterocycles. The number of aryl methyl sites for hydroxylation is 3. The second-order valence-corrected chi connectivity index (χ2v) is 9.37. The summed E-state index contributed by atoms with van der Waals surface area (Å²) in [4.78, 5) is 16.6. The van der Waals surface area contributed by atoms with E-state index in [4.69, 9.17) is 0 Å². The van der Waals surface area contributed by atoms with Gasteiger partial charge in [0, 0.05) is 18.0 Å². The van der Waals surface area contributed by atoms with Crippen molar-refractivity contribution in [3.8, 4) is 0 Å². The first-order valence-corrected chi connectivity index (χ1v) is 11.3. The molecule has 0 bridgehead atoms. The lowest BCUT2D eigenvalue weighted by atomic mass is 10.1. The maximum absolute atomic E-state index is 13.5. The smallest absolute Gasteiger partial charge is 0.260 e. The SMILES string of the molecule is CCCCc1c(S(=O)(=O)c2ccc(C)cc2)[nH]c2c1c(=O)n(C)c1ccccc21.